The van der Waals surface area contributed by atoms with E-state index in [9.17, 15) is 4.57 Å². The number of nitrogens with two attached hydrogens (primary N) is 1. The molecule has 1 atom stereocenters. The topological polar surface area (TPSA) is 85.0 Å². The van der Waals surface area contributed by atoms with Crippen molar-refractivity contribution in [2.45, 2.75) is 13.3 Å². The van der Waals surface area contributed by atoms with Crippen LogP contribution in [0, 0.1) is 0 Å². The van der Waals surface area contributed by atoms with Crippen LogP contribution in [0.1, 0.15) is 13.3 Å². The van der Waals surface area contributed by atoms with E-state index >= 15 is 0 Å². The normalized spacial score (nSPS) is 14.3. The highest BCUT2D eigenvalue weighted by Gasteiger charge is 2.32. The van der Waals surface area contributed by atoms with Crippen molar-refractivity contribution in [2.24, 2.45) is 5.73 Å². The summed E-state index contributed by atoms with van der Waals surface area (Å²) in [5.74, 6) is 0.289. The van der Waals surface area contributed by atoms with Gasteiger partial charge in [-0.15, -0.1) is 24.0 Å². The zero-order valence-electron chi connectivity index (χ0n) is 10.6. The molecule has 0 aliphatic rings. The first-order valence-electron chi connectivity index (χ1n) is 5.66. The summed E-state index contributed by atoms with van der Waals surface area (Å²) in [7, 11) is -3.36. The smallest absolute Gasteiger partial charge is 0.395 e. The molecular formula is C9H23Cl2N2O4P. The van der Waals surface area contributed by atoms with E-state index in [0.717, 1.165) is 0 Å². The molecule has 0 rings (SSSR count). The van der Waals surface area contributed by atoms with Gasteiger partial charge in [0.2, 0.25) is 0 Å². The first-order chi connectivity index (χ1) is 8.14. The molecule has 9 heteroatoms. The Hall–Kier alpha value is 0.610. The van der Waals surface area contributed by atoms with E-state index in [-0.39, 0.29) is 44.7 Å². The number of hydrogen-bond donors (Lipinski definition) is 2. The molecule has 0 bridgehead atoms. The van der Waals surface area contributed by atoms with Crippen LogP contribution in [-0.4, -0.2) is 55.1 Å². The maximum Gasteiger partial charge on any atom is 0.408 e. The van der Waals surface area contributed by atoms with E-state index in [1.807, 2.05) is 0 Å². The molecule has 0 aromatic heterocycles. The lowest BCUT2D eigenvalue weighted by molar-refractivity contribution is 0.150. The van der Waals surface area contributed by atoms with Gasteiger partial charge in [-0.05, 0) is 19.9 Å². The van der Waals surface area contributed by atoms with E-state index < -0.39 is 7.75 Å². The zero-order chi connectivity index (χ0) is 13.1. The average Bonchev–Trinajstić information content (AvgIpc) is 2.29. The van der Waals surface area contributed by atoms with Gasteiger partial charge in [-0.2, -0.15) is 0 Å². The van der Waals surface area contributed by atoms with Crippen molar-refractivity contribution in [3.63, 3.8) is 0 Å². The number of aliphatic hydroxyl groups is 1. The SMILES string of the molecule is CCOP(=O)(OCCCN)N(CCO)CCCl.Cl. The molecular weight excluding hydrogens is 302 g/mol. The van der Waals surface area contributed by atoms with Gasteiger partial charge in [-0.25, -0.2) is 9.24 Å². The third-order valence-corrected chi connectivity index (χ3v) is 4.30. The largest absolute Gasteiger partial charge is 0.408 e. The van der Waals surface area contributed by atoms with Gasteiger partial charge in [0.15, 0.2) is 0 Å². The van der Waals surface area contributed by atoms with Gasteiger partial charge in [0.05, 0.1) is 19.8 Å². The molecule has 0 aliphatic carbocycles. The predicted octanol–water partition coefficient (Wildman–Crippen LogP) is 1.45. The summed E-state index contributed by atoms with van der Waals surface area (Å²) in [6, 6.07) is 0. The Balaban J connectivity index is 0. The van der Waals surface area contributed by atoms with Crippen molar-refractivity contribution in [1.29, 1.82) is 0 Å². The summed E-state index contributed by atoms with van der Waals surface area (Å²) in [5, 5.41) is 8.93. The highest BCUT2D eigenvalue weighted by molar-refractivity contribution is 7.51. The summed E-state index contributed by atoms with van der Waals surface area (Å²) in [6.07, 6.45) is 0.602. The Labute approximate surface area is 120 Å². The van der Waals surface area contributed by atoms with E-state index in [4.69, 9.17) is 31.5 Å². The lowest BCUT2D eigenvalue weighted by atomic mass is 10.5. The van der Waals surface area contributed by atoms with Crippen LogP contribution in [0.3, 0.4) is 0 Å². The van der Waals surface area contributed by atoms with E-state index in [1.165, 1.54) is 4.67 Å². The van der Waals surface area contributed by atoms with Crippen LogP contribution in [0.2, 0.25) is 0 Å². The fourth-order valence-electron chi connectivity index (χ4n) is 1.20. The summed E-state index contributed by atoms with van der Waals surface area (Å²) in [6.45, 7) is 3.13. The summed E-state index contributed by atoms with van der Waals surface area (Å²) in [5.41, 5.74) is 5.34. The molecule has 1 unspecified atom stereocenters. The van der Waals surface area contributed by atoms with Gasteiger partial charge in [-0.3, -0.25) is 9.05 Å². The van der Waals surface area contributed by atoms with Crippen LogP contribution in [-0.2, 0) is 13.6 Å². The molecule has 112 valence electrons. The Morgan fingerprint density at radius 1 is 1.39 bits per heavy atom. The van der Waals surface area contributed by atoms with Crippen molar-refractivity contribution in [3.8, 4) is 0 Å². The third kappa shape index (κ3) is 7.92. The predicted molar refractivity (Wildman–Crippen MR) is 75.5 cm³/mol. The molecule has 0 saturated heterocycles. The molecule has 6 nitrogen and oxygen atoms in total. The van der Waals surface area contributed by atoms with Gasteiger partial charge in [0, 0.05) is 19.0 Å². The van der Waals surface area contributed by atoms with Crippen LogP contribution in [0.15, 0.2) is 0 Å². The van der Waals surface area contributed by atoms with Crippen LogP contribution < -0.4 is 5.73 Å². The molecule has 0 heterocycles. The average molecular weight is 325 g/mol. The molecule has 0 aromatic carbocycles. The number of rotatable bonds is 11. The Morgan fingerprint density at radius 2 is 2.06 bits per heavy atom. The zero-order valence-corrected chi connectivity index (χ0v) is 13.1. The minimum absolute atomic E-state index is 0. The number of aliphatic hydroxyl groups excluding tert-OH is 1. The molecule has 0 spiro atoms. The van der Waals surface area contributed by atoms with Gasteiger partial charge in [0.1, 0.15) is 0 Å². The molecule has 0 amide bonds. The number of halogens is 2. The molecule has 0 aromatic rings. The maximum atomic E-state index is 12.4. The summed E-state index contributed by atoms with van der Waals surface area (Å²) >= 11 is 5.62. The Kier molecular flexibility index (Phi) is 14.7. The fraction of sp³-hybridized carbons (Fsp3) is 1.00. The number of hydrogen-bond acceptors (Lipinski definition) is 5. The van der Waals surface area contributed by atoms with Gasteiger partial charge >= 0.3 is 7.75 Å². The lowest BCUT2D eigenvalue weighted by Gasteiger charge is -2.28. The third-order valence-electron chi connectivity index (χ3n) is 1.94. The molecule has 3 N–H and O–H groups in total. The number of alkyl halides is 1. The second-order valence-corrected chi connectivity index (χ2v) is 5.63. The van der Waals surface area contributed by atoms with Crippen molar-refractivity contribution >= 4 is 31.8 Å². The first-order valence-corrected chi connectivity index (χ1v) is 7.69. The highest BCUT2D eigenvalue weighted by Crippen LogP contribution is 2.51. The molecule has 0 radical (unpaired) electrons. The fourth-order valence-corrected chi connectivity index (χ4v) is 3.29. The Morgan fingerprint density at radius 3 is 2.50 bits per heavy atom. The van der Waals surface area contributed by atoms with Crippen molar-refractivity contribution < 1.29 is 18.7 Å². The summed E-state index contributed by atoms with van der Waals surface area (Å²) < 4.78 is 24.4. The van der Waals surface area contributed by atoms with E-state index in [1.54, 1.807) is 6.92 Å². The standard InChI is InChI=1S/C9H22ClN2O4P.ClH/c1-2-15-17(14,16-9-3-5-11)12(6-4-10)7-8-13;/h13H,2-9,11H2,1H3;1H. The second kappa shape index (κ2) is 12.6. The monoisotopic (exact) mass is 324 g/mol. The van der Waals surface area contributed by atoms with Crippen LogP contribution in [0.4, 0.5) is 0 Å². The lowest BCUT2D eigenvalue weighted by Crippen LogP contribution is -2.28. The quantitative estimate of drug-likeness (QED) is 0.340. The molecule has 0 fully saturated rings. The van der Waals surface area contributed by atoms with Gasteiger partial charge < -0.3 is 10.8 Å². The van der Waals surface area contributed by atoms with Gasteiger partial charge in [0.25, 0.3) is 0 Å². The Bertz CT molecular complexity index is 231. The molecule has 0 aliphatic heterocycles. The maximum absolute atomic E-state index is 12.4. The van der Waals surface area contributed by atoms with Crippen molar-refractivity contribution in [3.05, 3.63) is 0 Å². The van der Waals surface area contributed by atoms with E-state index in [0.29, 0.717) is 19.5 Å². The summed E-state index contributed by atoms with van der Waals surface area (Å²) in [4.78, 5) is 0. The van der Waals surface area contributed by atoms with Crippen LogP contribution >= 0.6 is 31.8 Å². The minimum Gasteiger partial charge on any atom is -0.395 e. The first kappa shape index (κ1) is 20.9. The van der Waals surface area contributed by atoms with E-state index in [2.05, 4.69) is 0 Å². The number of nitrogens with zero attached hydrogens (tertiary/aromatic N) is 1. The minimum atomic E-state index is -3.36. The van der Waals surface area contributed by atoms with Gasteiger partial charge in [-0.1, -0.05) is 0 Å². The van der Waals surface area contributed by atoms with Crippen LogP contribution in [0.5, 0.6) is 0 Å². The van der Waals surface area contributed by atoms with Crippen molar-refractivity contribution in [2.75, 3.05) is 45.3 Å². The molecule has 0 saturated carbocycles. The highest BCUT2D eigenvalue weighted by atomic mass is 35.5. The van der Waals surface area contributed by atoms with Crippen LogP contribution in [0.25, 0.3) is 0 Å². The second-order valence-electron chi connectivity index (χ2n) is 3.23. The van der Waals surface area contributed by atoms with Crippen molar-refractivity contribution in [1.82, 2.24) is 4.67 Å². The molecule has 18 heavy (non-hydrogen) atoms.